The second kappa shape index (κ2) is 4.39. The van der Waals surface area contributed by atoms with Crippen LogP contribution in [0.4, 0.5) is 0 Å². The molecule has 0 aromatic rings. The molecule has 0 bridgehead atoms. The minimum absolute atomic E-state index is 0.181. The molecule has 1 heterocycles. The monoisotopic (exact) mass is 205 g/mol. The maximum Gasteiger partial charge on any atom is 0.329 e. The van der Waals surface area contributed by atoms with Gasteiger partial charge < -0.3 is 20.8 Å². The molecule has 0 aromatic heterocycles. The predicted molar refractivity (Wildman–Crippen MR) is 47.4 cm³/mol. The van der Waals surface area contributed by atoms with Gasteiger partial charge in [0.25, 0.3) is 0 Å². The number of rotatable bonds is 5. The topological polar surface area (TPSA) is 104 Å². The van der Waals surface area contributed by atoms with Gasteiger partial charge >= 0.3 is 5.97 Å². The van der Waals surface area contributed by atoms with E-state index in [0.717, 1.165) is 0 Å². The number of hydrogen-bond acceptors (Lipinski definition) is 4. The number of aliphatic carboxylic acids is 1. The first-order valence-corrected chi connectivity index (χ1v) is 4.48. The van der Waals surface area contributed by atoms with Crippen LogP contribution < -0.4 is 5.73 Å². The van der Waals surface area contributed by atoms with Crippen LogP contribution in [0.3, 0.4) is 0 Å². The van der Waals surface area contributed by atoms with Gasteiger partial charge in [-0.15, -0.1) is 0 Å². The van der Waals surface area contributed by atoms with E-state index in [4.69, 9.17) is 10.8 Å². The van der Waals surface area contributed by atoms with Crippen molar-refractivity contribution in [2.24, 2.45) is 5.73 Å². The van der Waals surface area contributed by atoms with Crippen molar-refractivity contribution < 1.29 is 19.8 Å². The zero-order chi connectivity index (χ0) is 10.7. The highest BCUT2D eigenvalue weighted by Crippen LogP contribution is 2.17. The van der Waals surface area contributed by atoms with Crippen LogP contribution in [-0.4, -0.2) is 52.2 Å². The van der Waals surface area contributed by atoms with E-state index in [0.29, 0.717) is 13.0 Å². The van der Waals surface area contributed by atoms with Crippen LogP contribution in [0.15, 0.2) is 0 Å². The third kappa shape index (κ3) is 2.02. The minimum atomic E-state index is -1.18. The summed E-state index contributed by atoms with van der Waals surface area (Å²) in [6, 6.07) is -1.14. The highest BCUT2D eigenvalue weighted by Gasteiger charge is 2.39. The molecule has 0 aromatic carbocycles. The van der Waals surface area contributed by atoms with Crippen molar-refractivity contribution in [2.45, 2.75) is 25.0 Å². The molecule has 1 fully saturated rings. The summed E-state index contributed by atoms with van der Waals surface area (Å²) in [5.41, 5.74) is 5.21. The lowest BCUT2D eigenvalue weighted by Gasteiger charge is -2.37. The van der Waals surface area contributed by atoms with Crippen molar-refractivity contribution in [1.29, 1.82) is 0 Å². The Labute approximate surface area is 81.3 Å². The molecule has 1 aliphatic rings. The fourth-order valence-corrected chi connectivity index (χ4v) is 1.46. The highest BCUT2D eigenvalue weighted by molar-refractivity contribution is 5.87. The normalized spacial score (nSPS) is 20.1. The number of amides is 1. The molecule has 80 valence electrons. The lowest BCUT2D eigenvalue weighted by atomic mass is 10.3. The number of nitrogens with two attached hydrogens (primary N) is 1. The summed E-state index contributed by atoms with van der Waals surface area (Å²) >= 11 is 0. The molecule has 0 spiro atoms. The highest BCUT2D eigenvalue weighted by atomic mass is 16.5. The summed E-state index contributed by atoms with van der Waals surface area (Å²) in [7, 11) is 0. The largest absolute Gasteiger partial charge is 0.480 e. The van der Waals surface area contributed by atoms with Gasteiger partial charge in [0, 0.05) is 13.0 Å². The fourth-order valence-electron chi connectivity index (χ4n) is 1.46. The van der Waals surface area contributed by atoms with Crippen LogP contribution in [0.5, 0.6) is 0 Å². The van der Waals surface area contributed by atoms with Crippen molar-refractivity contribution in [3.8, 4) is 0 Å². The van der Waals surface area contributed by atoms with Crippen molar-refractivity contribution in [2.75, 3.05) is 13.1 Å². The van der Waals surface area contributed by atoms with Crippen LogP contribution in [0.1, 0.15) is 12.8 Å². The zero-order valence-corrected chi connectivity index (χ0v) is 7.72. The van der Waals surface area contributed by atoms with Gasteiger partial charge in [0.15, 0.2) is 6.04 Å². The van der Waals surface area contributed by atoms with Crippen LogP contribution in [0.2, 0.25) is 0 Å². The number of β-lactam (4-membered cyclic amide) rings is 1. The molecular weight excluding hydrogens is 191 g/mol. The molecule has 0 aliphatic carbocycles. The summed E-state index contributed by atoms with van der Waals surface area (Å²) in [6.45, 7) is 0.602. The first-order chi connectivity index (χ1) is 6.57. The second-order valence-corrected chi connectivity index (χ2v) is 3.26. The third-order valence-corrected chi connectivity index (χ3v) is 2.30. The maximum absolute atomic E-state index is 11.0. The third-order valence-electron chi connectivity index (χ3n) is 2.30. The first kappa shape index (κ1) is 10.9. The smallest absolute Gasteiger partial charge is 0.329 e. The molecule has 1 amide bonds. The number of aliphatic hydroxyl groups is 1. The van der Waals surface area contributed by atoms with Gasteiger partial charge in [-0.05, 0) is 13.0 Å². The van der Waals surface area contributed by atoms with Crippen LogP contribution in [-0.2, 0) is 9.59 Å². The van der Waals surface area contributed by atoms with E-state index >= 15 is 0 Å². The molecule has 14 heavy (non-hydrogen) atoms. The van der Waals surface area contributed by atoms with Crippen molar-refractivity contribution in [1.82, 2.24) is 4.90 Å². The standard InChI is InChI=1S/C8H14N2O4/c9-3-1-5(11)7(8(13)14)10-4-2-6(10)12/h5,7,11H,1-4,9H2,(H,13,14)/i6+1,7+1,8+1. The van der Waals surface area contributed by atoms with E-state index in [9.17, 15) is 14.7 Å². The lowest BCUT2D eigenvalue weighted by Crippen LogP contribution is -2.58. The number of carboxylic acid groups (broad SMARTS) is 1. The average molecular weight is 205 g/mol. The van der Waals surface area contributed by atoms with E-state index in [1.165, 1.54) is 4.90 Å². The van der Waals surface area contributed by atoms with Crippen molar-refractivity contribution in [3.63, 3.8) is 0 Å². The molecule has 6 heteroatoms. The Hall–Kier alpha value is -1.14. The van der Waals surface area contributed by atoms with E-state index < -0.39 is 18.1 Å². The Morgan fingerprint density at radius 2 is 2.29 bits per heavy atom. The second-order valence-electron chi connectivity index (χ2n) is 3.26. The summed E-state index contributed by atoms with van der Waals surface area (Å²) in [4.78, 5) is 23.0. The van der Waals surface area contributed by atoms with Crippen LogP contribution >= 0.6 is 0 Å². The van der Waals surface area contributed by atoms with Crippen molar-refractivity contribution in [3.05, 3.63) is 0 Å². The molecule has 0 radical (unpaired) electrons. The number of aliphatic hydroxyl groups excluding tert-OH is 1. The van der Waals surface area contributed by atoms with Gasteiger partial charge in [0.1, 0.15) is 0 Å². The number of likely N-dealkylation sites (tertiary alicyclic amines) is 1. The summed E-state index contributed by atoms with van der Waals surface area (Å²) < 4.78 is 0. The van der Waals surface area contributed by atoms with Crippen molar-refractivity contribution >= 4 is 11.9 Å². The lowest BCUT2D eigenvalue weighted by molar-refractivity contribution is -0.162. The Morgan fingerprint density at radius 3 is 2.57 bits per heavy atom. The number of nitrogens with zero attached hydrogens (tertiary/aromatic N) is 1. The number of carbonyl (C=O) groups excluding carboxylic acids is 1. The Morgan fingerprint density at radius 1 is 1.64 bits per heavy atom. The van der Waals surface area contributed by atoms with Crippen LogP contribution in [0, 0.1) is 0 Å². The van der Waals surface area contributed by atoms with Gasteiger partial charge in [0.2, 0.25) is 5.91 Å². The molecule has 2 atom stereocenters. The number of carboxylic acids is 1. The molecular formula is C8H14N2O4. The van der Waals surface area contributed by atoms with Gasteiger partial charge in [-0.3, -0.25) is 4.79 Å². The molecule has 4 N–H and O–H groups in total. The Kier molecular flexibility index (Phi) is 3.43. The molecule has 0 saturated carbocycles. The number of hydrogen-bond donors (Lipinski definition) is 3. The minimum Gasteiger partial charge on any atom is -0.480 e. The van der Waals surface area contributed by atoms with E-state index in [1.54, 1.807) is 0 Å². The van der Waals surface area contributed by atoms with E-state index in [-0.39, 0.29) is 18.9 Å². The SMILES string of the molecule is NCCC(O)[13CH]([13C](=O)O)N1CC[13C]1=O. The predicted octanol–water partition coefficient (Wildman–Crippen LogP) is -1.62. The van der Waals surface area contributed by atoms with Gasteiger partial charge in [-0.1, -0.05) is 0 Å². The van der Waals surface area contributed by atoms with Gasteiger partial charge in [0.05, 0.1) is 6.10 Å². The summed E-state index contributed by atoms with van der Waals surface area (Å²) in [6.07, 6.45) is -0.540. The molecule has 1 aliphatic heterocycles. The number of carbonyl (C=O) groups is 2. The molecule has 1 saturated heterocycles. The Bertz CT molecular complexity index is 243. The molecule has 6 nitrogen and oxygen atoms in total. The fraction of sp³-hybridized carbons (Fsp3) is 0.750. The molecule has 2 unspecified atom stereocenters. The Balaban J connectivity index is 2.63. The zero-order valence-electron chi connectivity index (χ0n) is 7.72. The van der Waals surface area contributed by atoms with E-state index in [2.05, 4.69) is 0 Å². The summed E-state index contributed by atoms with van der Waals surface area (Å²) in [5.74, 6) is -1.41. The van der Waals surface area contributed by atoms with Gasteiger partial charge in [-0.2, -0.15) is 0 Å². The summed E-state index contributed by atoms with van der Waals surface area (Å²) in [5, 5.41) is 18.3. The quantitative estimate of drug-likeness (QED) is 0.369. The molecule has 1 rings (SSSR count). The van der Waals surface area contributed by atoms with Crippen LogP contribution in [0.25, 0.3) is 0 Å². The average Bonchev–Trinajstić information content (AvgIpc) is 2.11. The first-order valence-electron chi connectivity index (χ1n) is 4.48. The maximum atomic E-state index is 11.0. The van der Waals surface area contributed by atoms with E-state index in [1.807, 2.05) is 0 Å². The van der Waals surface area contributed by atoms with Gasteiger partial charge in [-0.25, -0.2) is 4.79 Å².